The highest BCUT2D eigenvalue weighted by atomic mass is 35.5. The first-order valence-electron chi connectivity index (χ1n) is 6.68. The minimum atomic E-state index is -0.464. The van der Waals surface area contributed by atoms with E-state index in [9.17, 15) is 9.59 Å². The van der Waals surface area contributed by atoms with Crippen LogP contribution in [-0.2, 0) is 9.59 Å². The number of halogens is 1. The Morgan fingerprint density at radius 2 is 1.90 bits per heavy atom. The Bertz CT molecular complexity index is 605. The van der Waals surface area contributed by atoms with Gasteiger partial charge in [0.2, 0.25) is 5.13 Å². The number of hydrogen-bond acceptors (Lipinski definition) is 5. The number of nitrogens with zero attached hydrogens (tertiary/aromatic N) is 3. The highest BCUT2D eigenvalue weighted by Gasteiger charge is 2.43. The molecule has 7 heteroatoms. The first-order valence-corrected chi connectivity index (χ1v) is 7.83. The van der Waals surface area contributed by atoms with E-state index in [1.54, 1.807) is 6.92 Å². The van der Waals surface area contributed by atoms with E-state index in [2.05, 4.69) is 9.36 Å². The van der Waals surface area contributed by atoms with E-state index in [1.165, 1.54) is 6.42 Å². The Morgan fingerprint density at radius 3 is 2.50 bits per heavy atom. The lowest BCUT2D eigenvalue weighted by Gasteiger charge is -2.22. The average molecular weight is 312 g/mol. The molecule has 1 aliphatic carbocycles. The van der Waals surface area contributed by atoms with Crippen LogP contribution in [0, 0.1) is 12.8 Å². The van der Waals surface area contributed by atoms with E-state index in [-0.39, 0.29) is 16.9 Å². The van der Waals surface area contributed by atoms with Crippen LogP contribution in [-0.4, -0.2) is 21.2 Å². The molecule has 2 aliphatic rings. The van der Waals surface area contributed by atoms with Gasteiger partial charge in [0.15, 0.2) is 0 Å². The van der Waals surface area contributed by atoms with Crippen LogP contribution in [0.2, 0.25) is 0 Å². The number of carbonyl (C=O) groups is 2. The van der Waals surface area contributed by atoms with Crippen molar-refractivity contribution < 1.29 is 9.59 Å². The summed E-state index contributed by atoms with van der Waals surface area (Å²) < 4.78 is 4.02. The van der Waals surface area contributed by atoms with Gasteiger partial charge in [-0.15, -0.1) is 0 Å². The van der Waals surface area contributed by atoms with Crippen molar-refractivity contribution in [2.24, 2.45) is 5.92 Å². The van der Waals surface area contributed by atoms with Crippen molar-refractivity contribution in [1.82, 2.24) is 9.36 Å². The van der Waals surface area contributed by atoms with Gasteiger partial charge in [-0.2, -0.15) is 4.37 Å². The number of aromatic nitrogens is 2. The second-order valence-corrected chi connectivity index (χ2v) is 6.24. The topological polar surface area (TPSA) is 63.2 Å². The molecule has 0 atom stereocenters. The molecular formula is C13H14ClN3O2S. The Hall–Kier alpha value is -1.27. The van der Waals surface area contributed by atoms with Crippen molar-refractivity contribution in [3.8, 4) is 0 Å². The normalized spacial score (nSPS) is 21.2. The summed E-state index contributed by atoms with van der Waals surface area (Å²) in [5.74, 6) is -0.129. The zero-order valence-corrected chi connectivity index (χ0v) is 12.6. The van der Waals surface area contributed by atoms with Crippen LogP contribution in [0.15, 0.2) is 10.6 Å². The van der Waals surface area contributed by atoms with Crippen LogP contribution in [0.3, 0.4) is 0 Å². The zero-order valence-electron chi connectivity index (χ0n) is 11.1. The Balaban J connectivity index is 1.92. The first-order chi connectivity index (χ1) is 9.59. The van der Waals surface area contributed by atoms with Crippen LogP contribution < -0.4 is 4.90 Å². The molecule has 1 aliphatic heterocycles. The van der Waals surface area contributed by atoms with E-state index in [0.717, 1.165) is 42.1 Å². The highest BCUT2D eigenvalue weighted by molar-refractivity contribution is 7.10. The number of hydrogen-bond donors (Lipinski definition) is 0. The largest absolute Gasteiger partial charge is 0.279 e. The summed E-state index contributed by atoms with van der Waals surface area (Å²) in [7, 11) is 0. The molecule has 1 saturated carbocycles. The van der Waals surface area contributed by atoms with Crippen molar-refractivity contribution >= 4 is 40.1 Å². The van der Waals surface area contributed by atoms with Crippen LogP contribution in [0.4, 0.5) is 5.13 Å². The lowest BCUT2D eigenvalue weighted by Crippen LogP contribution is -2.32. The van der Waals surface area contributed by atoms with Crippen molar-refractivity contribution in [3.05, 3.63) is 16.4 Å². The summed E-state index contributed by atoms with van der Waals surface area (Å²) in [4.78, 5) is 29.9. The summed E-state index contributed by atoms with van der Waals surface area (Å²) in [5.41, 5.74) is 0.476. The lowest BCUT2D eigenvalue weighted by atomic mass is 9.84. The fraction of sp³-hybridized carbons (Fsp3) is 0.538. The van der Waals surface area contributed by atoms with Crippen molar-refractivity contribution in [2.75, 3.05) is 4.90 Å². The van der Waals surface area contributed by atoms with Gasteiger partial charge in [-0.25, -0.2) is 9.88 Å². The number of amides is 2. The van der Waals surface area contributed by atoms with Gasteiger partial charge in [0.1, 0.15) is 10.9 Å². The second-order valence-electron chi connectivity index (χ2n) is 5.13. The molecule has 0 spiro atoms. The molecule has 3 rings (SSSR count). The summed E-state index contributed by atoms with van der Waals surface area (Å²) in [6.45, 7) is 1.72. The molecule has 0 unspecified atom stereocenters. The van der Waals surface area contributed by atoms with Gasteiger partial charge in [0.05, 0.1) is 0 Å². The lowest BCUT2D eigenvalue weighted by molar-refractivity contribution is -0.120. The third kappa shape index (κ3) is 2.16. The van der Waals surface area contributed by atoms with Gasteiger partial charge in [0.25, 0.3) is 11.8 Å². The molecule has 2 amide bonds. The fourth-order valence-electron chi connectivity index (χ4n) is 2.82. The van der Waals surface area contributed by atoms with E-state index >= 15 is 0 Å². The molecule has 0 bridgehead atoms. The van der Waals surface area contributed by atoms with Gasteiger partial charge in [-0.1, -0.05) is 30.9 Å². The maximum absolute atomic E-state index is 12.5. The maximum atomic E-state index is 12.5. The molecule has 0 N–H and O–H groups in total. The molecule has 1 fully saturated rings. The third-order valence-corrected chi connectivity index (χ3v) is 4.94. The number of imide groups is 1. The third-order valence-electron chi connectivity index (χ3n) is 3.78. The van der Waals surface area contributed by atoms with Crippen LogP contribution >= 0.6 is 23.1 Å². The van der Waals surface area contributed by atoms with E-state index in [0.29, 0.717) is 16.5 Å². The van der Waals surface area contributed by atoms with E-state index in [1.807, 2.05) is 0 Å². The van der Waals surface area contributed by atoms with E-state index < -0.39 is 5.91 Å². The molecule has 0 radical (unpaired) electrons. The minimum Gasteiger partial charge on any atom is -0.268 e. The molecular weight excluding hydrogens is 298 g/mol. The van der Waals surface area contributed by atoms with Gasteiger partial charge >= 0.3 is 0 Å². The summed E-state index contributed by atoms with van der Waals surface area (Å²) in [6, 6.07) is 0. The quantitative estimate of drug-likeness (QED) is 0.788. The number of rotatable bonds is 2. The molecule has 1 aromatic rings. The second kappa shape index (κ2) is 5.26. The first kappa shape index (κ1) is 13.7. The van der Waals surface area contributed by atoms with Gasteiger partial charge < -0.3 is 0 Å². The average Bonchev–Trinajstić information content (AvgIpc) is 2.94. The number of carbonyl (C=O) groups excluding carboxylic acids is 2. The zero-order chi connectivity index (χ0) is 14.3. The molecule has 0 saturated heterocycles. The Labute approximate surface area is 125 Å². The van der Waals surface area contributed by atoms with E-state index in [4.69, 9.17) is 11.6 Å². The summed E-state index contributed by atoms with van der Waals surface area (Å²) in [6.07, 6.45) is 5.19. The number of anilines is 1. The minimum absolute atomic E-state index is 0.0646. The molecule has 1 aromatic heterocycles. The summed E-state index contributed by atoms with van der Waals surface area (Å²) >= 11 is 7.18. The van der Waals surface area contributed by atoms with Crippen LogP contribution in [0.1, 0.15) is 37.9 Å². The molecule has 20 heavy (non-hydrogen) atoms. The van der Waals surface area contributed by atoms with Crippen molar-refractivity contribution in [2.45, 2.75) is 39.0 Å². The van der Waals surface area contributed by atoms with Gasteiger partial charge in [-0.05, 0) is 25.7 Å². The smallest absolute Gasteiger partial charge is 0.268 e. The Kier molecular flexibility index (Phi) is 3.60. The van der Waals surface area contributed by atoms with Crippen LogP contribution in [0.25, 0.3) is 0 Å². The molecule has 5 nitrogen and oxygen atoms in total. The highest BCUT2D eigenvalue weighted by Crippen LogP contribution is 2.39. The van der Waals surface area contributed by atoms with Gasteiger partial charge in [-0.3, -0.25) is 9.59 Å². The predicted octanol–water partition coefficient (Wildman–Crippen LogP) is 2.79. The maximum Gasteiger partial charge on any atom is 0.279 e. The number of aryl methyl sites for hydroxylation is 1. The Morgan fingerprint density at radius 1 is 1.20 bits per heavy atom. The molecule has 106 valence electrons. The monoisotopic (exact) mass is 311 g/mol. The van der Waals surface area contributed by atoms with Crippen molar-refractivity contribution in [3.63, 3.8) is 0 Å². The molecule has 0 aromatic carbocycles. The standard InChI is InChI=1S/C13H14ClN3O2S/c1-7-15-13(20-16-7)17-11(18)9(10(14)12(17)19)8-5-3-2-4-6-8/h8H,2-6H2,1H3. The SMILES string of the molecule is Cc1nsc(N2C(=O)C(Cl)=C(C3CCCCC3)C2=O)n1. The fourth-order valence-corrected chi connectivity index (χ4v) is 3.81. The molecule has 2 heterocycles. The van der Waals surface area contributed by atoms with Crippen molar-refractivity contribution in [1.29, 1.82) is 0 Å². The summed E-state index contributed by atoms with van der Waals surface area (Å²) in [5, 5.41) is 0.371. The van der Waals surface area contributed by atoms with Crippen LogP contribution in [0.5, 0.6) is 0 Å². The van der Waals surface area contributed by atoms with Gasteiger partial charge in [0, 0.05) is 17.1 Å². The predicted molar refractivity (Wildman–Crippen MR) is 76.6 cm³/mol.